The Labute approximate surface area is 238 Å². The zero-order valence-corrected chi connectivity index (χ0v) is 22.1. The maximum absolute atomic E-state index is 6.55. The molecule has 0 radical (unpaired) electrons. The monoisotopic (exact) mass is 529 g/mol. The molecule has 8 rings (SSSR count). The van der Waals surface area contributed by atoms with Crippen LogP contribution in [0.1, 0.15) is 33.9 Å². The fraction of sp³-hybridized carbons (Fsp3) is 0.0278. The highest BCUT2D eigenvalue weighted by Gasteiger charge is 2.31. The minimum atomic E-state index is 0.0534. The van der Waals surface area contributed by atoms with Crippen LogP contribution in [0.5, 0.6) is 5.75 Å². The summed E-state index contributed by atoms with van der Waals surface area (Å²) >= 11 is 0. The first-order valence-corrected chi connectivity index (χ1v) is 13.7. The van der Waals surface area contributed by atoms with Crippen molar-refractivity contribution in [3.05, 3.63) is 156 Å². The molecule has 6 aromatic rings. The van der Waals surface area contributed by atoms with Crippen molar-refractivity contribution in [3.63, 3.8) is 0 Å². The van der Waals surface area contributed by atoms with Gasteiger partial charge in [0.25, 0.3) is 0 Å². The van der Waals surface area contributed by atoms with Gasteiger partial charge in [-0.15, -0.1) is 0 Å². The van der Waals surface area contributed by atoms with Gasteiger partial charge in [0.05, 0.1) is 22.9 Å². The summed E-state index contributed by atoms with van der Waals surface area (Å²) in [7, 11) is 0. The van der Waals surface area contributed by atoms with Crippen LogP contribution < -0.4 is 14.9 Å². The summed E-state index contributed by atoms with van der Waals surface area (Å²) in [5.41, 5.74) is 11.0. The Morgan fingerprint density at radius 1 is 0.659 bits per heavy atom. The first kappa shape index (κ1) is 23.3. The van der Waals surface area contributed by atoms with E-state index in [4.69, 9.17) is 9.82 Å². The van der Waals surface area contributed by atoms with E-state index in [9.17, 15) is 0 Å². The van der Waals surface area contributed by atoms with Crippen LogP contribution in [-0.4, -0.2) is 9.97 Å². The average molecular weight is 530 g/mol. The lowest BCUT2D eigenvalue weighted by Gasteiger charge is -2.15. The second-order valence-electron chi connectivity index (χ2n) is 10.2. The van der Waals surface area contributed by atoms with Gasteiger partial charge in [0, 0.05) is 29.1 Å². The van der Waals surface area contributed by atoms with Crippen molar-refractivity contribution in [2.45, 2.75) is 5.92 Å². The van der Waals surface area contributed by atoms with E-state index in [0.29, 0.717) is 0 Å². The Bertz CT molecular complexity index is 1920. The molecule has 0 fully saturated rings. The van der Waals surface area contributed by atoms with Crippen molar-refractivity contribution in [1.29, 1.82) is 0 Å². The SMILES string of the molecule is C1=Cc2ccc[n+](Oc3cccc(C4c5ccccc5-c5cccnc54)c3)c2Nc2c1cccc2-c1ccccn1. The first-order chi connectivity index (χ1) is 20.3. The molecule has 0 spiro atoms. The van der Waals surface area contributed by atoms with Crippen molar-refractivity contribution in [3.8, 4) is 28.1 Å². The second kappa shape index (κ2) is 9.57. The number of fused-ring (bicyclic) bond motifs is 5. The molecule has 3 aromatic carbocycles. The Hall–Kier alpha value is -5.55. The van der Waals surface area contributed by atoms with Crippen LogP contribution in [0.4, 0.5) is 11.5 Å². The van der Waals surface area contributed by atoms with Crippen molar-refractivity contribution in [2.24, 2.45) is 0 Å². The van der Waals surface area contributed by atoms with Gasteiger partial charge in [-0.05, 0) is 82.1 Å². The fourth-order valence-corrected chi connectivity index (χ4v) is 5.94. The largest absolute Gasteiger partial charge is 0.326 e. The van der Waals surface area contributed by atoms with Crippen LogP contribution in [0, 0.1) is 0 Å². The summed E-state index contributed by atoms with van der Waals surface area (Å²) in [6.45, 7) is 0. The molecular formula is C36H25N4O+. The molecule has 1 unspecified atom stereocenters. The molecule has 1 aliphatic carbocycles. The maximum atomic E-state index is 6.55. The summed E-state index contributed by atoms with van der Waals surface area (Å²) in [6, 6.07) is 37.4. The molecule has 3 aromatic heterocycles. The molecule has 194 valence electrons. The molecule has 1 aliphatic heterocycles. The third-order valence-electron chi connectivity index (χ3n) is 7.78. The summed E-state index contributed by atoms with van der Waals surface area (Å²) < 4.78 is 1.80. The highest BCUT2D eigenvalue weighted by Crippen LogP contribution is 2.47. The van der Waals surface area contributed by atoms with E-state index in [1.54, 1.807) is 4.73 Å². The number of hydrogen-bond acceptors (Lipinski definition) is 4. The highest BCUT2D eigenvalue weighted by atomic mass is 16.7. The average Bonchev–Trinajstić information content (AvgIpc) is 3.23. The van der Waals surface area contributed by atoms with Gasteiger partial charge < -0.3 is 0 Å². The van der Waals surface area contributed by atoms with Gasteiger partial charge in [0.2, 0.25) is 0 Å². The maximum Gasteiger partial charge on any atom is 0.326 e. The predicted molar refractivity (Wildman–Crippen MR) is 162 cm³/mol. The number of rotatable bonds is 4. The summed E-state index contributed by atoms with van der Waals surface area (Å²) in [5, 5.41) is 3.68. The van der Waals surface area contributed by atoms with Gasteiger partial charge in [-0.2, -0.15) is 0 Å². The van der Waals surface area contributed by atoms with Gasteiger partial charge in [-0.25, -0.2) is 5.32 Å². The minimum Gasteiger partial charge on any atom is -0.296 e. The van der Waals surface area contributed by atoms with Crippen LogP contribution in [0.15, 0.2) is 128 Å². The molecule has 5 nitrogen and oxygen atoms in total. The van der Waals surface area contributed by atoms with E-state index in [-0.39, 0.29) is 5.92 Å². The summed E-state index contributed by atoms with van der Waals surface area (Å²) in [5.74, 6) is 1.64. The number of aromatic nitrogens is 3. The second-order valence-corrected chi connectivity index (χ2v) is 10.2. The quantitative estimate of drug-likeness (QED) is 0.238. The zero-order chi connectivity index (χ0) is 27.2. The van der Waals surface area contributed by atoms with Gasteiger partial charge in [-0.3, -0.25) is 14.8 Å². The van der Waals surface area contributed by atoms with E-state index in [1.807, 2.05) is 55.0 Å². The highest BCUT2D eigenvalue weighted by molar-refractivity contribution is 5.92. The van der Waals surface area contributed by atoms with Crippen LogP contribution in [0.25, 0.3) is 34.5 Å². The van der Waals surface area contributed by atoms with Crippen molar-refractivity contribution < 1.29 is 9.57 Å². The molecule has 0 amide bonds. The molecule has 0 saturated carbocycles. The van der Waals surface area contributed by atoms with E-state index in [1.165, 1.54) is 16.7 Å². The number of nitrogens with one attached hydrogen (secondary N) is 1. The topological polar surface area (TPSA) is 50.9 Å². The third kappa shape index (κ3) is 3.98. The standard InChI is InChI=1S/C36H24N4O/c1-2-14-29-28(13-1)30-16-7-21-38-35(30)33(29)26-10-5-12-27(23-26)41-40-22-8-11-25-19-18-24-9-6-15-31(34(24)39-36(25)40)32-17-3-4-20-37-32/h1-23,33H/p+1. The summed E-state index contributed by atoms with van der Waals surface area (Å²) in [4.78, 5) is 16.0. The molecule has 5 heteroatoms. The molecule has 2 aliphatic rings. The van der Waals surface area contributed by atoms with Gasteiger partial charge in [0.1, 0.15) is 11.9 Å². The summed E-state index contributed by atoms with van der Waals surface area (Å²) in [6.07, 6.45) is 9.88. The van der Waals surface area contributed by atoms with E-state index in [0.717, 1.165) is 50.9 Å². The van der Waals surface area contributed by atoms with Gasteiger partial charge in [-0.1, -0.05) is 60.7 Å². The lowest BCUT2D eigenvalue weighted by Crippen LogP contribution is -2.42. The van der Waals surface area contributed by atoms with E-state index >= 15 is 0 Å². The number of nitrogens with zero attached hydrogens (tertiary/aromatic N) is 3. The molecule has 0 saturated heterocycles. The lowest BCUT2D eigenvalue weighted by molar-refractivity contribution is -0.863. The Kier molecular flexibility index (Phi) is 5.45. The first-order valence-electron chi connectivity index (χ1n) is 13.7. The Balaban J connectivity index is 1.18. The molecule has 4 heterocycles. The van der Waals surface area contributed by atoms with Crippen molar-refractivity contribution >= 4 is 23.7 Å². The smallest absolute Gasteiger partial charge is 0.296 e. The van der Waals surface area contributed by atoms with E-state index in [2.05, 4.69) is 95.2 Å². The minimum absolute atomic E-state index is 0.0534. The van der Waals surface area contributed by atoms with Crippen LogP contribution in [-0.2, 0) is 0 Å². The number of hydrogen-bond donors (Lipinski definition) is 1. The van der Waals surface area contributed by atoms with Gasteiger partial charge >= 0.3 is 5.82 Å². The number of anilines is 2. The molecular weight excluding hydrogens is 504 g/mol. The third-order valence-corrected chi connectivity index (χ3v) is 7.78. The van der Waals surface area contributed by atoms with Crippen molar-refractivity contribution in [2.75, 3.05) is 5.32 Å². The Morgan fingerprint density at radius 2 is 1.46 bits per heavy atom. The number of benzene rings is 3. The zero-order valence-electron chi connectivity index (χ0n) is 22.1. The predicted octanol–water partition coefficient (Wildman–Crippen LogP) is 7.66. The number of para-hydroxylation sites is 1. The van der Waals surface area contributed by atoms with Crippen molar-refractivity contribution in [1.82, 2.24) is 9.97 Å². The van der Waals surface area contributed by atoms with E-state index < -0.39 is 0 Å². The molecule has 1 atom stereocenters. The molecule has 0 bridgehead atoms. The van der Waals surface area contributed by atoms with Crippen LogP contribution >= 0.6 is 0 Å². The molecule has 1 N–H and O–H groups in total. The Morgan fingerprint density at radius 3 is 2.41 bits per heavy atom. The van der Waals surface area contributed by atoms with Crippen LogP contribution in [0.3, 0.4) is 0 Å². The lowest BCUT2D eigenvalue weighted by atomic mass is 9.92. The fourth-order valence-electron chi connectivity index (χ4n) is 5.94. The normalized spacial score (nSPS) is 14.2. The van der Waals surface area contributed by atoms with Crippen LogP contribution in [0.2, 0.25) is 0 Å². The van der Waals surface area contributed by atoms with Gasteiger partial charge in [0.15, 0.2) is 5.75 Å². The number of pyridine rings is 3. The molecule has 41 heavy (non-hydrogen) atoms.